The van der Waals surface area contributed by atoms with Crippen molar-refractivity contribution in [1.29, 1.82) is 0 Å². The third-order valence-corrected chi connectivity index (χ3v) is 5.21. The Bertz CT molecular complexity index is 965. The molecule has 29 heavy (non-hydrogen) atoms. The van der Waals surface area contributed by atoms with Crippen LogP contribution in [0.1, 0.15) is 10.4 Å². The second-order valence-electron chi connectivity index (χ2n) is 5.88. The van der Waals surface area contributed by atoms with Crippen molar-refractivity contribution in [2.75, 3.05) is 29.0 Å². The Hall–Kier alpha value is -2.23. The molecular weight excluding hydrogens is 446 g/mol. The topological polar surface area (TPSA) is 61.9 Å². The van der Waals surface area contributed by atoms with Crippen LogP contribution in [0, 0.1) is 0 Å². The maximum absolute atomic E-state index is 12.7. The molecule has 3 N–H and O–H groups in total. The number of hydrogen-bond acceptors (Lipinski definition) is 6. The van der Waals surface area contributed by atoms with Gasteiger partial charge in [0.2, 0.25) is 0 Å². The summed E-state index contributed by atoms with van der Waals surface area (Å²) in [5.74, 6) is 0.204. The van der Waals surface area contributed by atoms with E-state index >= 15 is 0 Å². The maximum Gasteiger partial charge on any atom is 0.417 e. The summed E-state index contributed by atoms with van der Waals surface area (Å²) < 4.78 is 38.5. The monoisotopic (exact) mass is 461 g/mol. The highest BCUT2D eigenvalue weighted by Crippen LogP contribution is 2.32. The number of thiazole rings is 1. The molecule has 0 amide bonds. The maximum atomic E-state index is 12.7. The van der Waals surface area contributed by atoms with Gasteiger partial charge in [0, 0.05) is 30.4 Å². The Balaban J connectivity index is 1.52. The van der Waals surface area contributed by atoms with Gasteiger partial charge < -0.3 is 16.0 Å². The van der Waals surface area contributed by atoms with Crippen LogP contribution in [0.15, 0.2) is 42.7 Å². The van der Waals surface area contributed by atoms with Crippen molar-refractivity contribution in [2.24, 2.45) is 0 Å². The van der Waals surface area contributed by atoms with Gasteiger partial charge in [0.1, 0.15) is 5.82 Å². The predicted octanol–water partition coefficient (Wildman–Crippen LogP) is 6.00. The zero-order chi connectivity index (χ0) is 20.9. The Morgan fingerprint density at radius 3 is 2.24 bits per heavy atom. The molecule has 1 aromatic carbocycles. The zero-order valence-corrected chi connectivity index (χ0v) is 17.2. The van der Waals surface area contributed by atoms with E-state index in [9.17, 15) is 13.2 Å². The standard InChI is InChI=1S/C18H16Cl2F3N5S/c19-13-7-11(18(21,22)23)8-27-16(13)25-6-5-24-14-3-1-2-4-15(14)26-9-12-10-28-17(20)29-12/h1-4,7-8,10,24,26H,5-6,9H2,(H,25,27). The summed E-state index contributed by atoms with van der Waals surface area (Å²) in [7, 11) is 0. The highest BCUT2D eigenvalue weighted by atomic mass is 35.5. The van der Waals surface area contributed by atoms with Gasteiger partial charge in [-0.15, -0.1) is 11.3 Å². The molecule has 154 valence electrons. The van der Waals surface area contributed by atoms with Crippen LogP contribution in [-0.4, -0.2) is 23.1 Å². The molecule has 0 fully saturated rings. The number of nitrogens with one attached hydrogen (secondary N) is 3. The molecule has 3 rings (SSSR count). The van der Waals surface area contributed by atoms with Gasteiger partial charge in [-0.3, -0.25) is 0 Å². The lowest BCUT2D eigenvalue weighted by molar-refractivity contribution is -0.137. The minimum Gasteiger partial charge on any atom is -0.382 e. The van der Waals surface area contributed by atoms with Crippen LogP contribution in [0.4, 0.5) is 30.4 Å². The lowest BCUT2D eigenvalue weighted by Crippen LogP contribution is -2.16. The van der Waals surface area contributed by atoms with E-state index < -0.39 is 11.7 Å². The first-order chi connectivity index (χ1) is 13.8. The molecule has 0 spiro atoms. The molecule has 0 aliphatic heterocycles. The normalized spacial score (nSPS) is 11.3. The third kappa shape index (κ3) is 6.12. The van der Waals surface area contributed by atoms with E-state index in [0.29, 0.717) is 24.1 Å². The molecule has 0 unspecified atom stereocenters. The van der Waals surface area contributed by atoms with Crippen LogP contribution < -0.4 is 16.0 Å². The molecule has 0 saturated carbocycles. The van der Waals surface area contributed by atoms with Crippen LogP contribution in [0.5, 0.6) is 0 Å². The summed E-state index contributed by atoms with van der Waals surface area (Å²) in [4.78, 5) is 8.77. The second kappa shape index (κ2) is 9.51. The summed E-state index contributed by atoms with van der Waals surface area (Å²) in [5.41, 5.74) is 0.910. The van der Waals surface area contributed by atoms with Crippen LogP contribution in [0.3, 0.4) is 0 Å². The van der Waals surface area contributed by atoms with Crippen molar-refractivity contribution in [3.05, 3.63) is 62.7 Å². The van der Waals surface area contributed by atoms with Crippen molar-refractivity contribution >= 4 is 51.7 Å². The average molecular weight is 462 g/mol. The first-order valence-electron chi connectivity index (χ1n) is 8.46. The SMILES string of the molecule is FC(F)(F)c1cnc(NCCNc2ccccc2NCc2cnc(Cl)s2)c(Cl)c1. The highest BCUT2D eigenvalue weighted by Gasteiger charge is 2.31. The Kier molecular flexibility index (Phi) is 7.05. The van der Waals surface area contributed by atoms with E-state index in [1.54, 1.807) is 6.20 Å². The van der Waals surface area contributed by atoms with E-state index in [1.807, 2.05) is 24.3 Å². The van der Waals surface area contributed by atoms with Crippen molar-refractivity contribution in [2.45, 2.75) is 12.7 Å². The molecule has 0 bridgehead atoms. The molecule has 0 radical (unpaired) electrons. The number of para-hydroxylation sites is 2. The largest absolute Gasteiger partial charge is 0.417 e. The Morgan fingerprint density at radius 2 is 1.62 bits per heavy atom. The van der Waals surface area contributed by atoms with Gasteiger partial charge in [-0.2, -0.15) is 13.2 Å². The minimum atomic E-state index is -4.47. The fraction of sp³-hybridized carbons (Fsp3) is 0.222. The lowest BCUT2D eigenvalue weighted by Gasteiger charge is -2.14. The van der Waals surface area contributed by atoms with Crippen molar-refractivity contribution in [1.82, 2.24) is 9.97 Å². The second-order valence-corrected chi connectivity index (χ2v) is 7.99. The number of halogens is 5. The summed E-state index contributed by atoms with van der Waals surface area (Å²) in [5, 5.41) is 9.43. The smallest absolute Gasteiger partial charge is 0.382 e. The van der Waals surface area contributed by atoms with E-state index in [1.165, 1.54) is 11.3 Å². The minimum absolute atomic E-state index is 0.0786. The number of benzene rings is 1. The number of aromatic nitrogens is 2. The highest BCUT2D eigenvalue weighted by molar-refractivity contribution is 7.15. The first kappa shape index (κ1) is 21.5. The number of pyridine rings is 1. The molecule has 11 heteroatoms. The summed E-state index contributed by atoms with van der Waals surface area (Å²) >= 11 is 13.1. The molecule has 0 aliphatic carbocycles. The summed E-state index contributed by atoms with van der Waals surface area (Å²) in [6.45, 7) is 1.51. The van der Waals surface area contributed by atoms with Crippen molar-refractivity contribution in [3.63, 3.8) is 0 Å². The summed E-state index contributed by atoms with van der Waals surface area (Å²) in [6, 6.07) is 8.53. The molecular formula is C18H16Cl2F3N5S. The molecule has 3 aromatic rings. The van der Waals surface area contributed by atoms with Gasteiger partial charge in [-0.25, -0.2) is 9.97 Å². The molecule has 2 heterocycles. The third-order valence-electron chi connectivity index (χ3n) is 3.81. The van der Waals surface area contributed by atoms with Crippen molar-refractivity contribution < 1.29 is 13.2 Å². The number of hydrogen-bond donors (Lipinski definition) is 3. The fourth-order valence-corrected chi connectivity index (χ4v) is 3.59. The van der Waals surface area contributed by atoms with Gasteiger partial charge in [-0.1, -0.05) is 35.3 Å². The van der Waals surface area contributed by atoms with Crippen LogP contribution in [0.25, 0.3) is 0 Å². The van der Waals surface area contributed by atoms with E-state index in [-0.39, 0.29) is 10.8 Å². The number of anilines is 3. The van der Waals surface area contributed by atoms with Crippen molar-refractivity contribution in [3.8, 4) is 0 Å². The molecule has 5 nitrogen and oxygen atoms in total. The van der Waals surface area contributed by atoms with Gasteiger partial charge in [0.25, 0.3) is 0 Å². The van der Waals surface area contributed by atoms with E-state index in [2.05, 4.69) is 25.9 Å². The fourth-order valence-electron chi connectivity index (χ4n) is 2.44. The zero-order valence-electron chi connectivity index (χ0n) is 14.9. The number of alkyl halides is 3. The molecule has 0 aliphatic rings. The van der Waals surface area contributed by atoms with Crippen LogP contribution >= 0.6 is 34.5 Å². The Morgan fingerprint density at radius 1 is 0.931 bits per heavy atom. The number of rotatable bonds is 8. The quantitative estimate of drug-likeness (QED) is 0.359. The molecule has 0 atom stereocenters. The van der Waals surface area contributed by atoms with Gasteiger partial charge in [-0.05, 0) is 18.2 Å². The molecule has 2 aromatic heterocycles. The average Bonchev–Trinajstić information content (AvgIpc) is 3.09. The molecule has 0 saturated heterocycles. The Labute approximate surface area is 179 Å². The van der Waals surface area contributed by atoms with E-state index in [0.717, 1.165) is 28.5 Å². The van der Waals surface area contributed by atoms with E-state index in [4.69, 9.17) is 23.2 Å². The summed E-state index contributed by atoms with van der Waals surface area (Å²) in [6.07, 6.45) is -1.99. The van der Waals surface area contributed by atoms with Crippen LogP contribution in [-0.2, 0) is 12.7 Å². The number of nitrogens with zero attached hydrogens (tertiary/aromatic N) is 2. The van der Waals surface area contributed by atoms with Gasteiger partial charge in [0.05, 0.1) is 28.5 Å². The van der Waals surface area contributed by atoms with Gasteiger partial charge in [0.15, 0.2) is 4.47 Å². The lowest BCUT2D eigenvalue weighted by atomic mass is 10.2. The van der Waals surface area contributed by atoms with Gasteiger partial charge >= 0.3 is 6.18 Å². The first-order valence-corrected chi connectivity index (χ1v) is 10.0. The van der Waals surface area contributed by atoms with Crippen LogP contribution in [0.2, 0.25) is 9.49 Å². The predicted molar refractivity (Wildman–Crippen MR) is 112 cm³/mol.